The van der Waals surface area contributed by atoms with Crippen molar-refractivity contribution < 1.29 is 31.9 Å². The smallest absolute Gasteiger partial charge is 0.419 e. The Kier molecular flexibility index (Phi) is 7.18. The van der Waals surface area contributed by atoms with E-state index in [0.29, 0.717) is 17.7 Å². The first-order valence-corrected chi connectivity index (χ1v) is 11.2. The summed E-state index contributed by atoms with van der Waals surface area (Å²) in [6.45, 7) is 0. The van der Waals surface area contributed by atoms with E-state index in [0.717, 1.165) is 18.2 Å². The molecular weight excluding hydrogens is 515 g/mol. The zero-order valence-electron chi connectivity index (χ0n) is 18.9. The third-order valence-electron chi connectivity index (χ3n) is 5.71. The largest absolute Gasteiger partial charge is 0.508 e. The Morgan fingerprint density at radius 1 is 0.946 bits per heavy atom. The van der Waals surface area contributed by atoms with Gasteiger partial charge in [-0.05, 0) is 53.6 Å². The topological polar surface area (TPSA) is 62.2 Å². The summed E-state index contributed by atoms with van der Waals surface area (Å²) in [5, 5.41) is 13.1. The van der Waals surface area contributed by atoms with E-state index in [9.17, 15) is 31.9 Å². The minimum atomic E-state index is -5.03. The zero-order valence-corrected chi connectivity index (χ0v) is 19.6. The minimum Gasteiger partial charge on any atom is -0.508 e. The van der Waals surface area contributed by atoms with Gasteiger partial charge in [-0.3, -0.25) is 9.78 Å². The Morgan fingerprint density at radius 3 is 2.30 bits per heavy atom. The first-order chi connectivity index (χ1) is 17.5. The maximum absolute atomic E-state index is 14.5. The minimum absolute atomic E-state index is 0.0373. The molecule has 4 rings (SSSR count). The second kappa shape index (κ2) is 10.2. The lowest BCUT2D eigenvalue weighted by atomic mass is 9.80. The Hall–Kier alpha value is -3.98. The Morgan fingerprint density at radius 2 is 1.68 bits per heavy atom. The Labute approximate surface area is 213 Å². The van der Waals surface area contributed by atoms with Gasteiger partial charge in [0.2, 0.25) is 0 Å². The number of nitrogens with zero attached hydrogens (tertiary/aromatic N) is 1. The van der Waals surface area contributed by atoms with Crippen LogP contribution in [0.15, 0.2) is 85.1 Å². The van der Waals surface area contributed by atoms with E-state index in [4.69, 9.17) is 11.6 Å². The van der Waals surface area contributed by atoms with Crippen molar-refractivity contribution in [1.82, 2.24) is 10.3 Å². The highest BCUT2D eigenvalue weighted by Gasteiger charge is 2.40. The zero-order chi connectivity index (χ0) is 26.8. The van der Waals surface area contributed by atoms with Crippen molar-refractivity contribution in [2.45, 2.75) is 18.1 Å². The highest BCUT2D eigenvalue weighted by molar-refractivity contribution is 6.30. The molecule has 4 aromatic rings. The number of alkyl halides is 3. The molecule has 3 aromatic carbocycles. The van der Waals surface area contributed by atoms with Gasteiger partial charge >= 0.3 is 6.18 Å². The molecule has 0 radical (unpaired) electrons. The third kappa shape index (κ3) is 5.72. The van der Waals surface area contributed by atoms with Crippen molar-refractivity contribution in [3.63, 3.8) is 0 Å². The maximum Gasteiger partial charge on any atom is 0.419 e. The second-order valence-corrected chi connectivity index (χ2v) is 8.71. The number of benzene rings is 3. The van der Waals surface area contributed by atoms with Crippen LogP contribution in [0.5, 0.6) is 5.75 Å². The van der Waals surface area contributed by atoms with E-state index in [2.05, 4.69) is 10.3 Å². The molecule has 0 bridgehead atoms. The van der Waals surface area contributed by atoms with Gasteiger partial charge in [0.25, 0.3) is 5.91 Å². The molecule has 1 atom stereocenters. The van der Waals surface area contributed by atoms with Crippen LogP contribution in [0.4, 0.5) is 22.0 Å². The van der Waals surface area contributed by atoms with Crippen molar-refractivity contribution in [3.8, 4) is 5.75 Å². The van der Waals surface area contributed by atoms with E-state index in [1.54, 1.807) is 30.3 Å². The van der Waals surface area contributed by atoms with Gasteiger partial charge in [-0.2, -0.15) is 13.2 Å². The highest BCUT2D eigenvalue weighted by atomic mass is 35.5. The lowest BCUT2D eigenvalue weighted by Crippen LogP contribution is -2.49. The number of halogens is 6. The average Bonchev–Trinajstić information content (AvgIpc) is 2.83. The molecule has 0 saturated heterocycles. The molecule has 1 aromatic heterocycles. The third-order valence-corrected chi connectivity index (χ3v) is 5.94. The van der Waals surface area contributed by atoms with Gasteiger partial charge in [0.15, 0.2) is 0 Å². The van der Waals surface area contributed by atoms with Crippen molar-refractivity contribution in [2.75, 3.05) is 0 Å². The van der Waals surface area contributed by atoms with Crippen LogP contribution in [0.3, 0.4) is 0 Å². The summed E-state index contributed by atoms with van der Waals surface area (Å²) in [5.74, 6) is -3.82. The molecule has 0 aliphatic carbocycles. The molecule has 4 nitrogen and oxygen atoms in total. The van der Waals surface area contributed by atoms with Gasteiger partial charge in [0.05, 0.1) is 16.3 Å². The lowest BCUT2D eigenvalue weighted by Gasteiger charge is -2.35. The van der Waals surface area contributed by atoms with Crippen LogP contribution >= 0.6 is 11.6 Å². The Balaban J connectivity index is 1.92. The summed E-state index contributed by atoms with van der Waals surface area (Å²) in [5.41, 5.74) is -2.90. The predicted molar refractivity (Wildman–Crippen MR) is 127 cm³/mol. The van der Waals surface area contributed by atoms with E-state index < -0.39 is 46.1 Å². The number of carbonyl (C=O) groups excluding carboxylic acids is 1. The maximum atomic E-state index is 14.5. The number of rotatable bonds is 6. The number of phenols is 1. The molecule has 0 aliphatic heterocycles. The van der Waals surface area contributed by atoms with E-state index in [1.165, 1.54) is 24.4 Å². The van der Waals surface area contributed by atoms with Gasteiger partial charge < -0.3 is 10.4 Å². The predicted octanol–water partition coefficient (Wildman–Crippen LogP) is 6.65. The fourth-order valence-electron chi connectivity index (χ4n) is 4.02. The first-order valence-electron chi connectivity index (χ1n) is 10.8. The summed E-state index contributed by atoms with van der Waals surface area (Å²) in [4.78, 5) is 17.7. The first kappa shape index (κ1) is 26.1. The molecule has 10 heteroatoms. The standard InChI is InChI=1S/C27H18ClF5N2O2/c28-19-7-9-24(34-15-19)26(14-16-4-2-1-3-5-16,18-11-20(29)13-21(36)12-18)35-25(37)17-6-8-23(30)22(10-17)27(31,32)33/h1-13,15,36H,14H2,(H,35,37). The fraction of sp³-hybridized carbons (Fsp3) is 0.111. The van der Waals surface area contributed by atoms with E-state index in [-0.39, 0.29) is 22.7 Å². The molecule has 0 saturated carbocycles. The van der Waals surface area contributed by atoms with Gasteiger partial charge in [0.1, 0.15) is 22.9 Å². The van der Waals surface area contributed by atoms with Crippen LogP contribution in [0.25, 0.3) is 0 Å². The summed E-state index contributed by atoms with van der Waals surface area (Å²) in [7, 11) is 0. The molecule has 2 N–H and O–H groups in total. The number of hydrogen-bond acceptors (Lipinski definition) is 3. The number of hydrogen-bond donors (Lipinski definition) is 2. The normalized spacial score (nSPS) is 13.1. The lowest BCUT2D eigenvalue weighted by molar-refractivity contribution is -0.140. The quantitative estimate of drug-likeness (QED) is 0.273. The molecule has 190 valence electrons. The molecule has 0 spiro atoms. The van der Waals surface area contributed by atoms with Gasteiger partial charge in [0, 0.05) is 24.2 Å². The molecule has 0 aliphatic rings. The number of phenolic OH excluding ortho intramolecular Hbond substituents is 1. The summed E-state index contributed by atoms with van der Waals surface area (Å²) < 4.78 is 68.3. The molecule has 0 fully saturated rings. The van der Waals surface area contributed by atoms with Crippen LogP contribution in [-0.2, 0) is 18.1 Å². The van der Waals surface area contributed by atoms with Crippen molar-refractivity contribution >= 4 is 17.5 Å². The van der Waals surface area contributed by atoms with Gasteiger partial charge in [-0.15, -0.1) is 0 Å². The van der Waals surface area contributed by atoms with Crippen molar-refractivity contribution in [1.29, 1.82) is 0 Å². The summed E-state index contributed by atoms with van der Waals surface area (Å²) in [6.07, 6.45) is -3.78. The van der Waals surface area contributed by atoms with Crippen LogP contribution in [0.1, 0.15) is 32.7 Å². The van der Waals surface area contributed by atoms with Crippen molar-refractivity contribution in [2.24, 2.45) is 0 Å². The number of aromatic hydroxyl groups is 1. The summed E-state index contributed by atoms with van der Waals surface area (Å²) in [6, 6.07) is 16.6. The van der Waals surface area contributed by atoms with Crippen molar-refractivity contribution in [3.05, 3.63) is 130 Å². The molecule has 1 amide bonds. The number of pyridine rings is 1. The van der Waals surface area contributed by atoms with Crippen LogP contribution in [0, 0.1) is 11.6 Å². The number of nitrogens with one attached hydrogen (secondary N) is 1. The summed E-state index contributed by atoms with van der Waals surface area (Å²) >= 11 is 6.00. The monoisotopic (exact) mass is 532 g/mol. The van der Waals surface area contributed by atoms with Crippen LogP contribution < -0.4 is 5.32 Å². The van der Waals surface area contributed by atoms with E-state index >= 15 is 0 Å². The average molecular weight is 533 g/mol. The van der Waals surface area contributed by atoms with E-state index in [1.807, 2.05) is 0 Å². The number of amides is 1. The SMILES string of the molecule is O=C(NC(Cc1ccccc1)(c1cc(O)cc(F)c1)c1ccc(Cl)cn1)c1ccc(F)c(C(F)(F)F)c1. The molecule has 1 unspecified atom stereocenters. The van der Waals surface area contributed by atoms with Gasteiger partial charge in [-0.25, -0.2) is 8.78 Å². The number of aromatic nitrogens is 1. The molecular formula is C27H18ClF5N2O2. The second-order valence-electron chi connectivity index (χ2n) is 8.27. The molecule has 1 heterocycles. The number of carbonyl (C=O) groups is 1. The highest BCUT2D eigenvalue weighted by Crippen LogP contribution is 2.36. The van der Waals surface area contributed by atoms with Crippen LogP contribution in [0.2, 0.25) is 5.02 Å². The van der Waals surface area contributed by atoms with Crippen LogP contribution in [-0.4, -0.2) is 16.0 Å². The molecule has 37 heavy (non-hydrogen) atoms. The van der Waals surface area contributed by atoms with Gasteiger partial charge in [-0.1, -0.05) is 41.9 Å². The Bertz CT molecular complexity index is 1410. The fourth-order valence-corrected chi connectivity index (χ4v) is 4.13.